The number of aliphatic hydroxyl groups is 3. The Morgan fingerprint density at radius 3 is 2.19 bits per heavy atom. The van der Waals surface area contributed by atoms with Gasteiger partial charge in [0.15, 0.2) is 11.5 Å². The van der Waals surface area contributed by atoms with Crippen molar-refractivity contribution in [1.29, 1.82) is 0 Å². The number of hydrogen-bond donors (Lipinski definition) is 4. The molecule has 0 aromatic heterocycles. The van der Waals surface area contributed by atoms with E-state index in [1.54, 1.807) is 13.8 Å². The highest BCUT2D eigenvalue weighted by Gasteiger charge is 2.39. The summed E-state index contributed by atoms with van der Waals surface area (Å²) in [6.07, 6.45) is -1.37. The number of amides is 1. The van der Waals surface area contributed by atoms with Crippen molar-refractivity contribution in [3.05, 3.63) is 6.92 Å². The zero-order chi connectivity index (χ0) is 13.0. The highest BCUT2D eigenvalue weighted by Crippen LogP contribution is 2.19. The summed E-state index contributed by atoms with van der Waals surface area (Å²) < 4.78 is 0. The van der Waals surface area contributed by atoms with Gasteiger partial charge in [0.1, 0.15) is 0 Å². The standard InChI is InChI=1S/C11H21NO4/c1-10(2,6-13)5-12-9(16)8(15)11(3,4)7-14/h8,13-15H,3,5-7H2,1-2,4H3/p+1/t8-,11?/m0/s1. The van der Waals surface area contributed by atoms with Crippen molar-refractivity contribution in [1.82, 2.24) is 5.32 Å². The van der Waals surface area contributed by atoms with Crippen molar-refractivity contribution in [2.24, 2.45) is 10.8 Å². The van der Waals surface area contributed by atoms with Crippen molar-refractivity contribution in [2.45, 2.75) is 26.9 Å². The minimum absolute atomic E-state index is 0.0645. The first-order valence-corrected chi connectivity index (χ1v) is 5.19. The molecule has 0 aliphatic rings. The Kier molecular flexibility index (Phi) is 5.25. The first-order chi connectivity index (χ1) is 7.16. The fourth-order valence-corrected chi connectivity index (χ4v) is 0.882. The molecule has 5 heteroatoms. The van der Waals surface area contributed by atoms with Gasteiger partial charge in [-0.3, -0.25) is 4.79 Å². The van der Waals surface area contributed by atoms with Gasteiger partial charge >= 0.3 is 0 Å². The zero-order valence-corrected chi connectivity index (χ0v) is 10.2. The second kappa shape index (κ2) is 5.52. The predicted molar refractivity (Wildman–Crippen MR) is 60.4 cm³/mol. The van der Waals surface area contributed by atoms with Crippen LogP contribution in [0.1, 0.15) is 20.8 Å². The van der Waals surface area contributed by atoms with E-state index in [1.807, 2.05) is 0 Å². The maximum Gasteiger partial charge on any atom is 0.254 e. The fraction of sp³-hybridized carbons (Fsp3) is 0.818. The fourth-order valence-electron chi connectivity index (χ4n) is 0.882. The van der Waals surface area contributed by atoms with Crippen molar-refractivity contribution in [2.75, 3.05) is 19.8 Å². The van der Waals surface area contributed by atoms with Crippen LogP contribution in [0.5, 0.6) is 0 Å². The number of nitrogens with one attached hydrogen (secondary N) is 1. The molecule has 0 fully saturated rings. The molecule has 1 amide bonds. The van der Waals surface area contributed by atoms with Gasteiger partial charge in [0.05, 0.1) is 13.5 Å². The van der Waals surface area contributed by atoms with E-state index in [0.717, 1.165) is 0 Å². The number of carbonyl (C=O) groups excluding carboxylic acids is 1. The van der Waals surface area contributed by atoms with Gasteiger partial charge < -0.3 is 20.6 Å². The molecule has 0 aromatic carbocycles. The molecule has 0 heterocycles. The maximum absolute atomic E-state index is 11.5. The summed E-state index contributed by atoms with van der Waals surface area (Å²) in [5.41, 5.74) is -1.56. The molecule has 0 aliphatic heterocycles. The van der Waals surface area contributed by atoms with E-state index in [-0.39, 0.29) is 19.8 Å². The third-order valence-corrected chi connectivity index (χ3v) is 2.44. The van der Waals surface area contributed by atoms with Gasteiger partial charge in [0.25, 0.3) is 5.91 Å². The van der Waals surface area contributed by atoms with Crippen LogP contribution in [0.25, 0.3) is 0 Å². The highest BCUT2D eigenvalue weighted by atomic mass is 16.3. The third-order valence-electron chi connectivity index (χ3n) is 2.44. The molecule has 0 saturated carbocycles. The summed E-state index contributed by atoms with van der Waals surface area (Å²) in [5.74, 6) is -0.590. The van der Waals surface area contributed by atoms with Crippen LogP contribution in [-0.2, 0) is 4.79 Å². The van der Waals surface area contributed by atoms with E-state index in [1.165, 1.54) is 6.92 Å². The quantitative estimate of drug-likeness (QED) is 0.457. The Bertz CT molecular complexity index is 238. The molecule has 0 aliphatic carbocycles. The minimum atomic E-state index is -1.37. The Balaban J connectivity index is 4.28. The lowest BCUT2D eigenvalue weighted by atomic mass is 9.86. The summed E-state index contributed by atoms with van der Waals surface area (Å²) >= 11 is 0. The van der Waals surface area contributed by atoms with Crippen LogP contribution >= 0.6 is 0 Å². The topological polar surface area (TPSA) is 89.8 Å². The second-order valence-corrected chi connectivity index (χ2v) is 5.25. The Hall–Kier alpha value is -0.780. The van der Waals surface area contributed by atoms with Crippen molar-refractivity contribution >= 4 is 5.91 Å². The third kappa shape index (κ3) is 4.38. The van der Waals surface area contributed by atoms with Gasteiger partial charge in [0.2, 0.25) is 0 Å². The van der Waals surface area contributed by atoms with Crippen LogP contribution in [0.15, 0.2) is 0 Å². The van der Waals surface area contributed by atoms with E-state index < -0.39 is 22.8 Å². The molecule has 0 radical (unpaired) electrons. The lowest BCUT2D eigenvalue weighted by Gasteiger charge is -2.25. The van der Waals surface area contributed by atoms with Crippen LogP contribution in [0.4, 0.5) is 0 Å². The van der Waals surface area contributed by atoms with Crippen LogP contribution in [0.2, 0.25) is 0 Å². The van der Waals surface area contributed by atoms with Crippen LogP contribution < -0.4 is 5.32 Å². The molecular weight excluding hydrogens is 210 g/mol. The maximum atomic E-state index is 11.5. The molecule has 0 saturated heterocycles. The van der Waals surface area contributed by atoms with E-state index >= 15 is 0 Å². The van der Waals surface area contributed by atoms with Crippen molar-refractivity contribution in [3.63, 3.8) is 0 Å². The molecule has 0 rings (SSSR count). The molecule has 4 N–H and O–H groups in total. The molecule has 0 aromatic rings. The first-order valence-electron chi connectivity index (χ1n) is 5.19. The van der Waals surface area contributed by atoms with Crippen LogP contribution in [0.3, 0.4) is 0 Å². The van der Waals surface area contributed by atoms with Gasteiger partial charge in [0, 0.05) is 18.6 Å². The van der Waals surface area contributed by atoms with E-state index in [9.17, 15) is 9.90 Å². The minimum Gasteiger partial charge on any atom is -0.396 e. The van der Waals surface area contributed by atoms with Gasteiger partial charge in [-0.15, -0.1) is 0 Å². The number of rotatable bonds is 6. The van der Waals surface area contributed by atoms with Gasteiger partial charge in [-0.05, 0) is 6.92 Å². The average Bonchev–Trinajstić information content (AvgIpc) is 2.24. The van der Waals surface area contributed by atoms with E-state index in [4.69, 9.17) is 10.2 Å². The average molecular weight is 232 g/mol. The predicted octanol–water partition coefficient (Wildman–Crippen LogP) is -0.685. The molecule has 5 nitrogen and oxygen atoms in total. The Labute approximate surface area is 96.5 Å². The molecule has 0 spiro atoms. The van der Waals surface area contributed by atoms with Crippen molar-refractivity contribution < 1.29 is 20.1 Å². The number of aliphatic hydroxyl groups excluding tert-OH is 3. The molecular formula is C11H22NO4+. The number of hydrogen-bond acceptors (Lipinski definition) is 4. The van der Waals surface area contributed by atoms with Crippen molar-refractivity contribution in [3.8, 4) is 0 Å². The van der Waals surface area contributed by atoms with Gasteiger partial charge in [-0.25, -0.2) is 0 Å². The van der Waals surface area contributed by atoms with E-state index in [2.05, 4.69) is 12.2 Å². The first kappa shape index (κ1) is 15.2. The van der Waals surface area contributed by atoms with Gasteiger partial charge in [-0.1, -0.05) is 13.8 Å². The molecule has 2 atom stereocenters. The summed E-state index contributed by atoms with van der Waals surface area (Å²) in [7, 11) is 0. The summed E-state index contributed by atoms with van der Waals surface area (Å²) in [4.78, 5) is 11.5. The highest BCUT2D eigenvalue weighted by molar-refractivity contribution is 5.81. The largest absolute Gasteiger partial charge is 0.396 e. The molecule has 0 bridgehead atoms. The second-order valence-electron chi connectivity index (χ2n) is 5.25. The summed E-state index contributed by atoms with van der Waals surface area (Å²) in [5, 5.41) is 30.1. The number of carbonyl (C=O) groups is 1. The molecule has 94 valence electrons. The van der Waals surface area contributed by atoms with Gasteiger partial charge in [-0.2, -0.15) is 0 Å². The zero-order valence-electron chi connectivity index (χ0n) is 10.2. The normalized spacial score (nSPS) is 17.6. The summed E-state index contributed by atoms with van der Waals surface area (Å²) in [6, 6.07) is 0. The van der Waals surface area contributed by atoms with E-state index in [0.29, 0.717) is 0 Å². The SMILES string of the molecule is [CH2+]C(C)(CO)[C@@H](O)C(=O)NCC(C)(C)CO. The lowest BCUT2D eigenvalue weighted by Crippen LogP contribution is -2.48. The molecule has 1 unspecified atom stereocenters. The smallest absolute Gasteiger partial charge is 0.254 e. The Morgan fingerprint density at radius 1 is 1.31 bits per heavy atom. The lowest BCUT2D eigenvalue weighted by molar-refractivity contribution is -0.136. The van der Waals surface area contributed by atoms with Crippen LogP contribution in [0, 0.1) is 17.8 Å². The molecule has 16 heavy (non-hydrogen) atoms. The summed E-state index contributed by atoms with van der Waals surface area (Å²) in [6.45, 7) is 8.43. The monoisotopic (exact) mass is 232 g/mol. The Morgan fingerprint density at radius 2 is 1.81 bits per heavy atom. The van der Waals surface area contributed by atoms with Crippen LogP contribution in [-0.4, -0.2) is 47.1 Å².